The molecule has 122 valence electrons. The maximum Gasteiger partial charge on any atom is 0.310 e. The van der Waals surface area contributed by atoms with Gasteiger partial charge in [-0.3, -0.25) is 14.4 Å². The van der Waals surface area contributed by atoms with Crippen LogP contribution >= 0.6 is 0 Å². The number of Topliss-reactive ketones (excluding diaryl/α,β-unsaturated/α-hetero) is 1. The average Bonchev–Trinajstić information content (AvgIpc) is 2.52. The Hall–Kier alpha value is -2.17. The molecular weight excluding hydrogens is 294 g/mol. The van der Waals surface area contributed by atoms with Crippen molar-refractivity contribution >= 4 is 17.7 Å². The lowest BCUT2D eigenvalue weighted by Gasteiger charge is -2.36. The highest BCUT2D eigenvalue weighted by Crippen LogP contribution is 2.40. The van der Waals surface area contributed by atoms with Crippen molar-refractivity contribution in [3.8, 4) is 0 Å². The molecule has 0 spiro atoms. The molecule has 1 aromatic rings. The molecule has 1 unspecified atom stereocenters. The first-order valence-electron chi connectivity index (χ1n) is 8.14. The predicted octanol–water partition coefficient (Wildman–Crippen LogP) is 2.15. The Morgan fingerprint density at radius 2 is 1.70 bits per heavy atom. The molecule has 0 radical (unpaired) electrons. The Morgan fingerprint density at radius 3 is 2.26 bits per heavy atom. The number of nitrogens with two attached hydrogens (primary N) is 1. The quantitative estimate of drug-likeness (QED) is 0.863. The van der Waals surface area contributed by atoms with E-state index in [0.717, 1.165) is 19.3 Å². The molecular formula is C18H21NO4. The number of rotatable bonds is 4. The number of carbonyl (C=O) groups excluding carboxylic acids is 3. The smallest absolute Gasteiger partial charge is 0.310 e. The van der Waals surface area contributed by atoms with Crippen LogP contribution in [0.5, 0.6) is 0 Å². The molecule has 1 aromatic carbocycles. The topological polar surface area (TPSA) is 86.5 Å². The number of amides is 1. The Morgan fingerprint density at radius 1 is 1.09 bits per heavy atom. The van der Waals surface area contributed by atoms with Crippen molar-refractivity contribution in [2.45, 2.75) is 38.2 Å². The third-order valence-corrected chi connectivity index (χ3v) is 4.98. The second kappa shape index (κ2) is 6.52. The van der Waals surface area contributed by atoms with Gasteiger partial charge in [-0.1, -0.05) is 36.8 Å². The highest BCUT2D eigenvalue weighted by molar-refractivity contribution is 5.88. The van der Waals surface area contributed by atoms with Gasteiger partial charge in [0.2, 0.25) is 6.10 Å². The van der Waals surface area contributed by atoms with E-state index in [9.17, 15) is 14.4 Å². The van der Waals surface area contributed by atoms with Crippen molar-refractivity contribution in [1.82, 2.24) is 0 Å². The molecule has 2 aliphatic rings. The fourth-order valence-corrected chi connectivity index (χ4v) is 3.80. The molecule has 2 N–H and O–H groups in total. The van der Waals surface area contributed by atoms with Gasteiger partial charge in [0.1, 0.15) is 5.78 Å². The maximum absolute atomic E-state index is 12.5. The Kier molecular flexibility index (Phi) is 4.46. The van der Waals surface area contributed by atoms with Gasteiger partial charge >= 0.3 is 5.97 Å². The van der Waals surface area contributed by atoms with E-state index >= 15 is 0 Å². The minimum absolute atomic E-state index is 0.0243. The standard InChI is InChI=1S/C18H21NO4/c19-17(21)16(11-5-2-1-3-6-11)23-18(22)14-9-12-7-4-8-13(10-14)15(12)20/h1-3,5-6,12-14,16H,4,7-10H2,(H2,19,21)/t12-,13+,14?,16-/m1/s1. The summed E-state index contributed by atoms with van der Waals surface area (Å²) in [5.41, 5.74) is 5.96. The summed E-state index contributed by atoms with van der Waals surface area (Å²) in [7, 11) is 0. The van der Waals surface area contributed by atoms with Crippen LogP contribution in [0, 0.1) is 17.8 Å². The van der Waals surface area contributed by atoms with E-state index in [0.29, 0.717) is 24.2 Å². The first kappa shape index (κ1) is 15.7. The molecule has 2 bridgehead atoms. The van der Waals surface area contributed by atoms with E-state index in [2.05, 4.69) is 0 Å². The van der Waals surface area contributed by atoms with E-state index in [1.165, 1.54) is 0 Å². The molecule has 3 rings (SSSR count). The van der Waals surface area contributed by atoms with Gasteiger partial charge in [-0.25, -0.2) is 0 Å². The van der Waals surface area contributed by atoms with Crippen LogP contribution in [-0.4, -0.2) is 17.7 Å². The van der Waals surface area contributed by atoms with Crippen LogP contribution in [0.1, 0.15) is 43.8 Å². The molecule has 0 saturated heterocycles. The monoisotopic (exact) mass is 315 g/mol. The van der Waals surface area contributed by atoms with Gasteiger partial charge < -0.3 is 10.5 Å². The normalized spacial score (nSPS) is 28.0. The maximum atomic E-state index is 12.5. The largest absolute Gasteiger partial charge is 0.447 e. The van der Waals surface area contributed by atoms with Crippen LogP contribution < -0.4 is 5.73 Å². The van der Waals surface area contributed by atoms with Crippen LogP contribution in [0.4, 0.5) is 0 Å². The number of esters is 1. The van der Waals surface area contributed by atoms with Crippen LogP contribution in [0.2, 0.25) is 0 Å². The lowest BCUT2D eigenvalue weighted by molar-refractivity contribution is -0.163. The molecule has 5 nitrogen and oxygen atoms in total. The van der Waals surface area contributed by atoms with E-state index < -0.39 is 18.0 Å². The number of primary amides is 1. The second-order valence-electron chi connectivity index (χ2n) is 6.53. The summed E-state index contributed by atoms with van der Waals surface area (Å²) in [5, 5.41) is 0. The Labute approximate surface area is 135 Å². The molecule has 2 saturated carbocycles. The van der Waals surface area contributed by atoms with E-state index in [4.69, 9.17) is 10.5 Å². The summed E-state index contributed by atoms with van der Waals surface area (Å²) in [6, 6.07) is 8.77. The van der Waals surface area contributed by atoms with Crippen molar-refractivity contribution in [3.05, 3.63) is 35.9 Å². The first-order valence-corrected chi connectivity index (χ1v) is 8.14. The summed E-state index contributed by atoms with van der Waals surface area (Å²) >= 11 is 0. The van der Waals surface area contributed by atoms with Crippen molar-refractivity contribution in [3.63, 3.8) is 0 Å². The van der Waals surface area contributed by atoms with Crippen molar-refractivity contribution < 1.29 is 19.1 Å². The minimum atomic E-state index is -1.07. The first-order chi connectivity index (χ1) is 11.1. The van der Waals surface area contributed by atoms with Crippen LogP contribution in [0.3, 0.4) is 0 Å². The van der Waals surface area contributed by atoms with Crippen LogP contribution in [0.25, 0.3) is 0 Å². The van der Waals surface area contributed by atoms with Gasteiger partial charge in [0.05, 0.1) is 5.92 Å². The molecule has 2 aliphatic carbocycles. The average molecular weight is 315 g/mol. The fourth-order valence-electron chi connectivity index (χ4n) is 3.80. The number of hydrogen-bond donors (Lipinski definition) is 1. The van der Waals surface area contributed by atoms with Crippen LogP contribution in [-0.2, 0) is 19.1 Å². The van der Waals surface area contributed by atoms with E-state index in [1.54, 1.807) is 24.3 Å². The molecule has 23 heavy (non-hydrogen) atoms. The van der Waals surface area contributed by atoms with Crippen molar-refractivity contribution in [2.24, 2.45) is 23.5 Å². The molecule has 2 fully saturated rings. The van der Waals surface area contributed by atoms with Gasteiger partial charge in [-0.05, 0) is 25.7 Å². The van der Waals surface area contributed by atoms with Gasteiger partial charge in [0.25, 0.3) is 5.91 Å². The van der Waals surface area contributed by atoms with Gasteiger partial charge in [-0.2, -0.15) is 0 Å². The third kappa shape index (κ3) is 3.28. The van der Waals surface area contributed by atoms with Crippen molar-refractivity contribution in [2.75, 3.05) is 0 Å². The zero-order valence-electron chi connectivity index (χ0n) is 12.9. The number of carbonyl (C=O) groups is 3. The van der Waals surface area contributed by atoms with Crippen LogP contribution in [0.15, 0.2) is 30.3 Å². The summed E-state index contributed by atoms with van der Waals surface area (Å²) < 4.78 is 5.41. The molecule has 4 atom stereocenters. The molecule has 5 heteroatoms. The lowest BCUT2D eigenvalue weighted by Crippen LogP contribution is -2.40. The third-order valence-electron chi connectivity index (χ3n) is 4.98. The molecule has 1 amide bonds. The van der Waals surface area contributed by atoms with E-state index in [-0.39, 0.29) is 17.8 Å². The number of ether oxygens (including phenoxy) is 1. The molecule has 0 aliphatic heterocycles. The van der Waals surface area contributed by atoms with Gasteiger partial charge in [0.15, 0.2) is 0 Å². The Bertz CT molecular complexity index is 597. The zero-order valence-corrected chi connectivity index (χ0v) is 12.9. The number of hydrogen-bond acceptors (Lipinski definition) is 4. The summed E-state index contributed by atoms with van der Waals surface area (Å²) in [6.45, 7) is 0. The lowest BCUT2D eigenvalue weighted by atomic mass is 9.67. The summed E-state index contributed by atoms with van der Waals surface area (Å²) in [5.74, 6) is -1.16. The molecule has 0 aromatic heterocycles. The van der Waals surface area contributed by atoms with Crippen molar-refractivity contribution in [1.29, 1.82) is 0 Å². The summed E-state index contributed by atoms with van der Waals surface area (Å²) in [4.78, 5) is 36.2. The minimum Gasteiger partial charge on any atom is -0.447 e. The zero-order chi connectivity index (χ0) is 16.4. The van der Waals surface area contributed by atoms with E-state index in [1.807, 2.05) is 6.07 Å². The number of fused-ring (bicyclic) bond motifs is 2. The molecule has 0 heterocycles. The van der Waals surface area contributed by atoms with Gasteiger partial charge in [-0.15, -0.1) is 0 Å². The highest BCUT2D eigenvalue weighted by atomic mass is 16.5. The number of ketones is 1. The Balaban J connectivity index is 1.70. The fraction of sp³-hybridized carbons (Fsp3) is 0.500. The highest BCUT2D eigenvalue weighted by Gasteiger charge is 2.42. The second-order valence-corrected chi connectivity index (χ2v) is 6.53. The predicted molar refractivity (Wildman–Crippen MR) is 83.0 cm³/mol. The summed E-state index contributed by atoms with van der Waals surface area (Å²) in [6.07, 6.45) is 2.77. The number of benzene rings is 1. The SMILES string of the molecule is NC(=O)[C@H](OC(=O)C1C[C@H]2CCC[C@@H](C1)C2=O)c1ccccc1. The van der Waals surface area contributed by atoms with Gasteiger partial charge in [0, 0.05) is 17.4 Å².